The van der Waals surface area contributed by atoms with Gasteiger partial charge in [0.25, 0.3) is 9.05 Å². The lowest BCUT2D eigenvalue weighted by atomic mass is 10.3. The molecule has 1 rings (SSSR count). The summed E-state index contributed by atoms with van der Waals surface area (Å²) in [4.78, 5) is -1.01. The second-order valence-corrected chi connectivity index (χ2v) is 8.72. The monoisotopic (exact) mass is 348 g/mol. The molecule has 0 aliphatic carbocycles. The molecule has 0 spiro atoms. The van der Waals surface area contributed by atoms with E-state index in [1.807, 2.05) is 0 Å². The van der Waals surface area contributed by atoms with Crippen LogP contribution in [0.3, 0.4) is 0 Å². The van der Waals surface area contributed by atoms with Gasteiger partial charge in [-0.3, -0.25) is 0 Å². The van der Waals surface area contributed by atoms with Crippen LogP contribution in [0.5, 0.6) is 5.75 Å². The summed E-state index contributed by atoms with van der Waals surface area (Å²) in [5.74, 6) is -4.26. The maximum Gasteiger partial charge on any atom is 0.264 e. The maximum absolute atomic E-state index is 13.5. The quantitative estimate of drug-likeness (QED) is 0.731. The average molecular weight is 349 g/mol. The predicted octanol–water partition coefficient (Wildman–Crippen LogP) is 1.71. The molecule has 0 saturated heterocycles. The topological polar surface area (TPSA) is 77.5 Å². The molecule has 0 atom stereocenters. The van der Waals surface area contributed by atoms with Gasteiger partial charge in [0, 0.05) is 16.4 Å². The predicted molar refractivity (Wildman–Crippen MR) is 69.2 cm³/mol. The van der Waals surface area contributed by atoms with Gasteiger partial charge in [-0.25, -0.2) is 21.2 Å². The van der Waals surface area contributed by atoms with Crippen LogP contribution in [0, 0.1) is 11.6 Å². The molecular weight excluding hydrogens is 338 g/mol. The van der Waals surface area contributed by atoms with Crippen LogP contribution >= 0.6 is 10.7 Å². The van der Waals surface area contributed by atoms with Gasteiger partial charge >= 0.3 is 0 Å². The minimum absolute atomic E-state index is 0.101. The summed E-state index contributed by atoms with van der Waals surface area (Å²) < 4.78 is 76.0. The molecule has 10 heteroatoms. The van der Waals surface area contributed by atoms with Gasteiger partial charge < -0.3 is 4.74 Å². The third kappa shape index (κ3) is 4.29. The molecule has 0 aliphatic heterocycles. The van der Waals surface area contributed by atoms with Gasteiger partial charge in [-0.05, 0) is 12.1 Å². The van der Waals surface area contributed by atoms with Crippen molar-refractivity contribution in [1.29, 1.82) is 0 Å². The van der Waals surface area contributed by atoms with E-state index >= 15 is 0 Å². The molecule has 0 amide bonds. The van der Waals surface area contributed by atoms with Crippen molar-refractivity contribution in [3.8, 4) is 5.75 Å². The van der Waals surface area contributed by atoms with Crippen LogP contribution in [0.15, 0.2) is 17.0 Å². The third-order valence-electron chi connectivity index (χ3n) is 2.37. The smallest absolute Gasteiger partial charge is 0.264 e. The second kappa shape index (κ2) is 6.23. The van der Waals surface area contributed by atoms with Gasteiger partial charge in [-0.1, -0.05) is 6.92 Å². The highest BCUT2D eigenvalue weighted by Crippen LogP contribution is 2.27. The summed E-state index contributed by atoms with van der Waals surface area (Å²) in [6, 6.07) is 1.61. The van der Waals surface area contributed by atoms with Gasteiger partial charge in [0.15, 0.2) is 21.4 Å². The zero-order valence-corrected chi connectivity index (χ0v) is 12.7. The van der Waals surface area contributed by atoms with E-state index in [-0.39, 0.29) is 18.1 Å². The molecule has 0 N–H and O–H groups in total. The summed E-state index contributed by atoms with van der Waals surface area (Å²) in [6.07, 6.45) is 0. The number of hydrogen-bond acceptors (Lipinski definition) is 5. The number of ether oxygens (including phenoxy) is 1. The van der Waals surface area contributed by atoms with E-state index in [1.165, 1.54) is 6.92 Å². The van der Waals surface area contributed by atoms with Crippen LogP contribution in [0.2, 0.25) is 0 Å². The molecule has 0 aromatic heterocycles. The van der Waals surface area contributed by atoms with E-state index in [9.17, 15) is 25.6 Å². The Kier molecular flexibility index (Phi) is 5.33. The fraction of sp³-hybridized carbons (Fsp3) is 0.400. The Labute approximate surface area is 119 Å². The van der Waals surface area contributed by atoms with Gasteiger partial charge in [0.1, 0.15) is 11.5 Å². The Bertz CT molecular complexity index is 701. The van der Waals surface area contributed by atoms with E-state index in [2.05, 4.69) is 0 Å². The highest BCUT2D eigenvalue weighted by atomic mass is 35.7. The minimum Gasteiger partial charge on any atom is -0.489 e. The van der Waals surface area contributed by atoms with E-state index in [4.69, 9.17) is 15.4 Å². The van der Waals surface area contributed by atoms with Crippen LogP contribution < -0.4 is 4.74 Å². The van der Waals surface area contributed by atoms with Crippen LogP contribution in [0.25, 0.3) is 0 Å². The van der Waals surface area contributed by atoms with Crippen LogP contribution in [0.1, 0.15) is 6.92 Å². The Morgan fingerprint density at radius 1 is 1.15 bits per heavy atom. The highest BCUT2D eigenvalue weighted by Gasteiger charge is 2.22. The van der Waals surface area contributed by atoms with Crippen LogP contribution in [-0.2, 0) is 18.9 Å². The first kappa shape index (κ1) is 17.1. The van der Waals surface area contributed by atoms with Crippen molar-refractivity contribution in [2.24, 2.45) is 0 Å². The molecule has 0 radical (unpaired) electrons. The number of sulfone groups is 1. The molecule has 1 aromatic rings. The summed E-state index contributed by atoms with van der Waals surface area (Å²) in [5.41, 5.74) is 0. The van der Waals surface area contributed by atoms with E-state index in [1.54, 1.807) is 0 Å². The summed E-state index contributed by atoms with van der Waals surface area (Å²) >= 11 is 0. The lowest BCUT2D eigenvalue weighted by molar-refractivity contribution is 0.313. The van der Waals surface area contributed by atoms with E-state index in [0.717, 1.165) is 12.1 Å². The van der Waals surface area contributed by atoms with Crippen LogP contribution in [0.4, 0.5) is 8.78 Å². The maximum atomic E-state index is 13.5. The third-order valence-corrected chi connectivity index (χ3v) is 5.37. The highest BCUT2D eigenvalue weighted by molar-refractivity contribution is 8.13. The van der Waals surface area contributed by atoms with Gasteiger partial charge in [0.2, 0.25) is 5.82 Å². The lowest BCUT2D eigenvalue weighted by Crippen LogP contribution is -2.16. The lowest BCUT2D eigenvalue weighted by Gasteiger charge is -2.09. The molecule has 0 unspecified atom stereocenters. The van der Waals surface area contributed by atoms with Gasteiger partial charge in [0.05, 0.1) is 5.75 Å². The molecule has 5 nitrogen and oxygen atoms in total. The van der Waals surface area contributed by atoms with E-state index < -0.39 is 41.2 Å². The Hall–Kier alpha value is -0.930. The number of hydrogen-bond donors (Lipinski definition) is 0. The summed E-state index contributed by atoms with van der Waals surface area (Å²) in [7, 11) is -2.80. The molecular formula is C10H11ClF2O5S2. The molecule has 0 fully saturated rings. The second-order valence-electron chi connectivity index (χ2n) is 3.71. The standard InChI is InChI=1S/C10H11ClF2O5S2/c1-2-19(14,15)6-5-18-7-3-4-8(20(11,16)17)10(13)9(7)12/h3-4H,2,5-6H2,1H3. The van der Waals surface area contributed by atoms with Crippen LogP contribution in [-0.4, -0.2) is 34.9 Å². The van der Waals surface area contributed by atoms with Crippen molar-refractivity contribution in [3.63, 3.8) is 0 Å². The number of benzene rings is 1. The molecule has 0 heterocycles. The fourth-order valence-corrected chi connectivity index (χ4v) is 2.75. The Morgan fingerprint density at radius 3 is 2.25 bits per heavy atom. The normalized spacial score (nSPS) is 12.4. The first-order chi connectivity index (χ1) is 9.08. The largest absolute Gasteiger partial charge is 0.489 e. The zero-order chi connectivity index (χ0) is 15.6. The molecule has 1 aromatic carbocycles. The Balaban J connectivity index is 2.93. The van der Waals surface area contributed by atoms with Crippen molar-refractivity contribution in [2.75, 3.05) is 18.1 Å². The zero-order valence-electron chi connectivity index (χ0n) is 10.3. The molecule has 0 aliphatic rings. The SMILES string of the molecule is CCS(=O)(=O)CCOc1ccc(S(=O)(=O)Cl)c(F)c1F. The van der Waals surface area contributed by atoms with Crippen molar-refractivity contribution >= 4 is 29.6 Å². The first-order valence-electron chi connectivity index (χ1n) is 5.34. The summed E-state index contributed by atoms with van der Waals surface area (Å²) in [5, 5.41) is 0. The van der Waals surface area contributed by atoms with Gasteiger partial charge in [-0.15, -0.1) is 0 Å². The van der Waals surface area contributed by atoms with Gasteiger partial charge in [-0.2, -0.15) is 4.39 Å². The van der Waals surface area contributed by atoms with Crippen molar-refractivity contribution in [2.45, 2.75) is 11.8 Å². The molecule has 0 saturated carbocycles. The molecule has 114 valence electrons. The summed E-state index contributed by atoms with van der Waals surface area (Å²) in [6.45, 7) is 1.06. The first-order valence-corrected chi connectivity index (χ1v) is 9.47. The van der Waals surface area contributed by atoms with Crippen molar-refractivity contribution < 1.29 is 30.4 Å². The average Bonchev–Trinajstić information content (AvgIpc) is 2.33. The van der Waals surface area contributed by atoms with Crippen molar-refractivity contribution in [3.05, 3.63) is 23.8 Å². The number of halogens is 3. The molecule has 20 heavy (non-hydrogen) atoms. The number of rotatable bonds is 6. The fourth-order valence-electron chi connectivity index (χ4n) is 1.24. The van der Waals surface area contributed by atoms with Crippen molar-refractivity contribution in [1.82, 2.24) is 0 Å². The Morgan fingerprint density at radius 2 is 1.75 bits per heavy atom. The van der Waals surface area contributed by atoms with E-state index in [0.29, 0.717) is 0 Å². The minimum atomic E-state index is -4.41. The molecule has 0 bridgehead atoms.